The van der Waals surface area contributed by atoms with Gasteiger partial charge in [0.1, 0.15) is 16.5 Å². The van der Waals surface area contributed by atoms with Crippen molar-refractivity contribution in [2.24, 2.45) is 0 Å². The van der Waals surface area contributed by atoms with Gasteiger partial charge in [-0.25, -0.2) is 4.79 Å². The van der Waals surface area contributed by atoms with E-state index in [4.69, 9.17) is 9.15 Å². The number of anilines is 1. The van der Waals surface area contributed by atoms with Gasteiger partial charge in [0, 0.05) is 11.0 Å². The molecule has 0 fully saturated rings. The van der Waals surface area contributed by atoms with Crippen molar-refractivity contribution in [2.45, 2.75) is 33.1 Å². The number of rotatable bonds is 5. The van der Waals surface area contributed by atoms with Gasteiger partial charge in [-0.05, 0) is 56.9 Å². The van der Waals surface area contributed by atoms with Gasteiger partial charge in [0.2, 0.25) is 5.91 Å². The molecule has 0 spiro atoms. The Bertz CT molecular complexity index is 800. The highest BCUT2D eigenvalue weighted by molar-refractivity contribution is 7.17. The van der Waals surface area contributed by atoms with E-state index in [0.29, 0.717) is 22.9 Å². The van der Waals surface area contributed by atoms with Gasteiger partial charge in [-0.2, -0.15) is 0 Å². The van der Waals surface area contributed by atoms with Gasteiger partial charge in [0.25, 0.3) is 0 Å². The van der Waals surface area contributed by atoms with Crippen LogP contribution in [0.15, 0.2) is 22.6 Å². The summed E-state index contributed by atoms with van der Waals surface area (Å²) in [6, 6.07) is 3.63. The van der Waals surface area contributed by atoms with Crippen LogP contribution in [-0.4, -0.2) is 18.5 Å². The average molecular weight is 345 g/mol. The zero-order chi connectivity index (χ0) is 17.1. The van der Waals surface area contributed by atoms with E-state index in [9.17, 15) is 9.59 Å². The minimum atomic E-state index is -0.363. The molecule has 0 unspecified atom stereocenters. The van der Waals surface area contributed by atoms with E-state index in [0.717, 1.165) is 30.6 Å². The zero-order valence-electron chi connectivity index (χ0n) is 13.7. The molecule has 3 rings (SSSR count). The lowest BCUT2D eigenvalue weighted by molar-refractivity contribution is -0.111. The number of hydrogen-bond acceptors (Lipinski definition) is 5. The number of nitrogens with one attached hydrogen (secondary N) is 1. The summed E-state index contributed by atoms with van der Waals surface area (Å²) in [5.74, 6) is 0.739. The summed E-state index contributed by atoms with van der Waals surface area (Å²) in [5, 5.41) is 3.38. The van der Waals surface area contributed by atoms with Crippen LogP contribution in [0.4, 0.5) is 5.00 Å². The van der Waals surface area contributed by atoms with E-state index in [2.05, 4.69) is 5.32 Å². The van der Waals surface area contributed by atoms with Crippen LogP contribution in [0.3, 0.4) is 0 Å². The summed E-state index contributed by atoms with van der Waals surface area (Å²) in [7, 11) is 0. The Kier molecular flexibility index (Phi) is 4.85. The predicted molar refractivity (Wildman–Crippen MR) is 93.4 cm³/mol. The molecule has 24 heavy (non-hydrogen) atoms. The fraction of sp³-hybridized carbons (Fsp3) is 0.333. The molecule has 0 bridgehead atoms. The number of aryl methyl sites for hydroxylation is 2. The fourth-order valence-corrected chi connectivity index (χ4v) is 4.05. The second-order valence-corrected chi connectivity index (χ2v) is 6.66. The maximum absolute atomic E-state index is 12.3. The molecular formula is C18H19NO4S. The Balaban J connectivity index is 1.78. The van der Waals surface area contributed by atoms with Crippen molar-refractivity contribution in [1.82, 2.24) is 0 Å². The van der Waals surface area contributed by atoms with E-state index in [1.54, 1.807) is 19.1 Å². The Morgan fingerprint density at radius 3 is 2.92 bits per heavy atom. The van der Waals surface area contributed by atoms with Crippen molar-refractivity contribution in [2.75, 3.05) is 11.9 Å². The first-order valence-corrected chi connectivity index (χ1v) is 8.77. The number of carbonyl (C=O) groups is 2. The number of carbonyl (C=O) groups excluding carboxylic acids is 2. The summed E-state index contributed by atoms with van der Waals surface area (Å²) < 4.78 is 10.5. The highest BCUT2D eigenvalue weighted by Gasteiger charge is 2.27. The minimum Gasteiger partial charge on any atom is -0.462 e. The zero-order valence-corrected chi connectivity index (χ0v) is 14.5. The highest BCUT2D eigenvalue weighted by atomic mass is 32.1. The van der Waals surface area contributed by atoms with Crippen LogP contribution >= 0.6 is 11.3 Å². The van der Waals surface area contributed by atoms with Gasteiger partial charge in [-0.1, -0.05) is 0 Å². The van der Waals surface area contributed by atoms with Crippen LogP contribution < -0.4 is 5.32 Å². The van der Waals surface area contributed by atoms with Crippen molar-refractivity contribution >= 4 is 34.3 Å². The molecule has 0 radical (unpaired) electrons. The minimum absolute atomic E-state index is 0.297. The van der Waals surface area contributed by atoms with Crippen molar-refractivity contribution in [3.63, 3.8) is 0 Å². The fourth-order valence-electron chi connectivity index (χ4n) is 2.77. The summed E-state index contributed by atoms with van der Waals surface area (Å²) >= 11 is 1.47. The molecule has 0 aliphatic heterocycles. The van der Waals surface area contributed by atoms with E-state index in [1.807, 2.05) is 13.0 Å². The monoisotopic (exact) mass is 345 g/mol. The predicted octanol–water partition coefficient (Wildman–Crippen LogP) is 3.97. The SMILES string of the molecule is CCOC(=O)c1c(NC(=O)/C=C/c2ccc(C)o2)sc2c1CCC2. The third-order valence-electron chi connectivity index (χ3n) is 3.80. The smallest absolute Gasteiger partial charge is 0.341 e. The summed E-state index contributed by atoms with van der Waals surface area (Å²) in [6.07, 6.45) is 5.85. The van der Waals surface area contributed by atoms with E-state index < -0.39 is 0 Å². The molecule has 5 nitrogen and oxygen atoms in total. The Labute approximate surface area is 144 Å². The lowest BCUT2D eigenvalue weighted by atomic mass is 10.1. The lowest BCUT2D eigenvalue weighted by Gasteiger charge is -2.06. The lowest BCUT2D eigenvalue weighted by Crippen LogP contribution is -2.13. The number of furan rings is 1. The molecule has 2 heterocycles. The van der Waals surface area contributed by atoms with Gasteiger partial charge < -0.3 is 14.5 Å². The summed E-state index contributed by atoms with van der Waals surface area (Å²) in [4.78, 5) is 25.6. The van der Waals surface area contributed by atoms with Gasteiger partial charge >= 0.3 is 5.97 Å². The second-order valence-electron chi connectivity index (χ2n) is 5.55. The van der Waals surface area contributed by atoms with Crippen LogP contribution in [0, 0.1) is 6.92 Å². The van der Waals surface area contributed by atoms with Crippen LogP contribution in [0.25, 0.3) is 6.08 Å². The van der Waals surface area contributed by atoms with Crippen LogP contribution in [0.1, 0.15) is 45.7 Å². The summed E-state index contributed by atoms with van der Waals surface area (Å²) in [6.45, 7) is 3.93. The number of thiophene rings is 1. The molecule has 126 valence electrons. The molecule has 6 heteroatoms. The number of hydrogen-bond donors (Lipinski definition) is 1. The summed E-state index contributed by atoms with van der Waals surface area (Å²) in [5.41, 5.74) is 1.55. The average Bonchev–Trinajstić information content (AvgIpc) is 3.21. The van der Waals surface area contributed by atoms with Crippen molar-refractivity contribution in [1.29, 1.82) is 0 Å². The first kappa shape index (κ1) is 16.5. The van der Waals surface area contributed by atoms with Gasteiger partial charge in [-0.15, -0.1) is 11.3 Å². The van der Waals surface area contributed by atoms with E-state index in [1.165, 1.54) is 22.3 Å². The first-order valence-electron chi connectivity index (χ1n) is 7.95. The van der Waals surface area contributed by atoms with Crippen molar-refractivity contribution in [3.05, 3.63) is 45.7 Å². The Hall–Kier alpha value is -2.34. The maximum atomic E-state index is 12.3. The third-order valence-corrected chi connectivity index (χ3v) is 5.00. The maximum Gasteiger partial charge on any atom is 0.341 e. The Morgan fingerprint density at radius 2 is 2.21 bits per heavy atom. The molecule has 2 aromatic heterocycles. The Morgan fingerprint density at radius 1 is 1.38 bits per heavy atom. The molecule has 0 atom stereocenters. The molecule has 1 aliphatic carbocycles. The number of esters is 1. The molecule has 1 N–H and O–H groups in total. The van der Waals surface area contributed by atoms with Crippen LogP contribution in [-0.2, 0) is 22.4 Å². The second kappa shape index (κ2) is 7.05. The van der Waals surface area contributed by atoms with Crippen LogP contribution in [0.2, 0.25) is 0 Å². The quantitative estimate of drug-likeness (QED) is 0.658. The van der Waals surface area contributed by atoms with Crippen LogP contribution in [0.5, 0.6) is 0 Å². The van der Waals surface area contributed by atoms with Crippen molar-refractivity contribution < 1.29 is 18.7 Å². The highest BCUT2D eigenvalue weighted by Crippen LogP contribution is 2.39. The molecule has 2 aromatic rings. The number of amides is 1. The van der Waals surface area contributed by atoms with Gasteiger partial charge in [0.15, 0.2) is 0 Å². The first-order chi connectivity index (χ1) is 11.6. The molecule has 0 aromatic carbocycles. The van der Waals surface area contributed by atoms with Gasteiger partial charge in [-0.3, -0.25) is 4.79 Å². The number of fused-ring (bicyclic) bond motifs is 1. The standard InChI is InChI=1S/C18H19NO4S/c1-3-22-18(21)16-13-5-4-6-14(13)24-17(16)19-15(20)10-9-12-8-7-11(2)23-12/h7-10H,3-6H2,1-2H3,(H,19,20)/b10-9+. The third kappa shape index (κ3) is 3.43. The van der Waals surface area contributed by atoms with E-state index >= 15 is 0 Å². The molecular weight excluding hydrogens is 326 g/mol. The number of ether oxygens (including phenoxy) is 1. The molecule has 0 saturated heterocycles. The molecule has 0 saturated carbocycles. The molecule has 1 amide bonds. The van der Waals surface area contributed by atoms with E-state index in [-0.39, 0.29) is 11.9 Å². The molecule has 1 aliphatic rings. The van der Waals surface area contributed by atoms with Gasteiger partial charge in [0.05, 0.1) is 12.2 Å². The van der Waals surface area contributed by atoms with Crippen molar-refractivity contribution in [3.8, 4) is 0 Å². The largest absolute Gasteiger partial charge is 0.462 e. The normalized spacial score (nSPS) is 13.2. The topological polar surface area (TPSA) is 68.5 Å².